The van der Waals surface area contributed by atoms with Gasteiger partial charge < -0.3 is 31.7 Å². The van der Waals surface area contributed by atoms with Gasteiger partial charge in [0, 0.05) is 50.1 Å². The number of rotatable bonds is 23. The van der Waals surface area contributed by atoms with E-state index in [1.807, 2.05) is 24.3 Å². The van der Waals surface area contributed by atoms with E-state index in [-0.39, 0.29) is 74.4 Å². The maximum atomic E-state index is 13.1. The van der Waals surface area contributed by atoms with Gasteiger partial charge in [-0.2, -0.15) is 0 Å². The molecule has 0 spiro atoms. The van der Waals surface area contributed by atoms with Crippen molar-refractivity contribution in [3.8, 4) is 0 Å². The highest BCUT2D eigenvalue weighted by Gasteiger charge is 2.38. The average molecular weight is 815 g/mol. The van der Waals surface area contributed by atoms with Crippen molar-refractivity contribution in [1.82, 2.24) is 26.2 Å². The van der Waals surface area contributed by atoms with Crippen LogP contribution in [0.1, 0.15) is 125 Å². The van der Waals surface area contributed by atoms with Gasteiger partial charge in [-0.15, -0.1) is 11.8 Å². The van der Waals surface area contributed by atoms with Crippen molar-refractivity contribution >= 4 is 52.9 Å². The Morgan fingerprint density at radius 2 is 1.67 bits per heavy atom. The van der Waals surface area contributed by atoms with Gasteiger partial charge >= 0.3 is 0 Å². The van der Waals surface area contributed by atoms with Gasteiger partial charge in [0.15, 0.2) is 0 Å². The number of thioether (sulfide) groups is 1. The number of hydrogen-bond acceptors (Lipinski definition) is 9. The normalized spacial score (nSPS) is 21.7. The average Bonchev–Trinajstić information content (AvgIpc) is 3.72. The number of imide groups is 1. The number of aliphatic hydroxyl groups excluding tert-OH is 1. The number of carbonyl (C=O) groups is 6. The number of likely N-dealkylation sites (tertiary alicyclic amines) is 1. The third-order valence-electron chi connectivity index (χ3n) is 10.7. The molecule has 2 saturated heterocycles. The van der Waals surface area contributed by atoms with Crippen molar-refractivity contribution in [2.24, 2.45) is 11.8 Å². The minimum Gasteiger partial charge on any atom is -0.516 e. The fourth-order valence-electron chi connectivity index (χ4n) is 7.63. The van der Waals surface area contributed by atoms with Crippen LogP contribution in [0.25, 0.3) is 0 Å². The van der Waals surface area contributed by atoms with E-state index in [2.05, 4.69) is 40.4 Å². The quantitative estimate of drug-likeness (QED) is 0.0438. The Kier molecular flexibility index (Phi) is 22.6. The van der Waals surface area contributed by atoms with Gasteiger partial charge in [-0.3, -0.25) is 33.7 Å². The first-order valence-electron chi connectivity index (χ1n) is 20.3. The first-order valence-corrected chi connectivity index (χ1v) is 21.3. The fourth-order valence-corrected chi connectivity index (χ4v) is 8.82. The Morgan fingerprint density at radius 3 is 2.33 bits per heavy atom. The van der Waals surface area contributed by atoms with E-state index in [0.29, 0.717) is 80.9 Å². The van der Waals surface area contributed by atoms with Crippen molar-refractivity contribution in [3.05, 3.63) is 42.7 Å². The van der Waals surface area contributed by atoms with Crippen LogP contribution in [0.5, 0.6) is 0 Å². The van der Waals surface area contributed by atoms with Gasteiger partial charge in [0.2, 0.25) is 35.4 Å². The van der Waals surface area contributed by atoms with Crippen LogP contribution in [0.15, 0.2) is 42.7 Å². The van der Waals surface area contributed by atoms with Crippen molar-refractivity contribution in [2.75, 3.05) is 24.2 Å². The highest BCUT2D eigenvalue weighted by atomic mass is 32.2. The second-order valence-corrected chi connectivity index (χ2v) is 16.8. The molecule has 0 aromatic heterocycles. The lowest BCUT2D eigenvalue weighted by molar-refractivity contribution is -0.138. The molecule has 57 heavy (non-hydrogen) atoms. The summed E-state index contributed by atoms with van der Waals surface area (Å²) in [5.41, 5.74) is 0.632. The van der Waals surface area contributed by atoms with E-state index in [1.165, 1.54) is 16.7 Å². The largest absolute Gasteiger partial charge is 0.516 e. The highest BCUT2D eigenvalue weighted by molar-refractivity contribution is 8.00. The van der Waals surface area contributed by atoms with Crippen LogP contribution in [0.2, 0.25) is 0 Å². The Hall–Kier alpha value is -3.91. The van der Waals surface area contributed by atoms with Crippen molar-refractivity contribution in [1.29, 1.82) is 0 Å². The van der Waals surface area contributed by atoms with Gasteiger partial charge in [-0.25, -0.2) is 0 Å². The lowest BCUT2D eigenvalue weighted by Crippen LogP contribution is -2.50. The van der Waals surface area contributed by atoms with E-state index in [1.54, 1.807) is 12.1 Å². The van der Waals surface area contributed by atoms with Gasteiger partial charge in [0.05, 0.1) is 11.5 Å². The second-order valence-electron chi connectivity index (χ2n) is 15.5. The molecule has 1 aromatic rings. The summed E-state index contributed by atoms with van der Waals surface area (Å²) in [6.07, 6.45) is 13.3. The van der Waals surface area contributed by atoms with Crippen LogP contribution in [-0.4, -0.2) is 93.7 Å². The number of anilines is 1. The van der Waals surface area contributed by atoms with Gasteiger partial charge in [0.25, 0.3) is 0 Å². The van der Waals surface area contributed by atoms with E-state index in [9.17, 15) is 33.9 Å². The van der Waals surface area contributed by atoms with Crippen LogP contribution in [0.4, 0.5) is 5.69 Å². The summed E-state index contributed by atoms with van der Waals surface area (Å²) in [7, 11) is 0. The van der Waals surface area contributed by atoms with Crippen LogP contribution in [0.3, 0.4) is 0 Å². The first-order chi connectivity index (χ1) is 26.5. The zero-order valence-electron chi connectivity index (χ0n) is 32.6. The number of carbonyl (C=O) groups excluding carboxylic acids is 6. The molecule has 4 rings (SSSR count). The Balaban J connectivity index is 0.00000561. The monoisotopic (exact) mass is 815 g/mol. The maximum absolute atomic E-state index is 13.1. The Morgan fingerprint density at radius 1 is 0.947 bits per heavy atom. The van der Waals surface area contributed by atoms with Crippen molar-refractivity contribution in [2.45, 2.75) is 154 Å². The summed E-state index contributed by atoms with van der Waals surface area (Å²) < 4.78 is 0. The molecular formula is C43H70N6O7S. The first kappa shape index (κ1) is 49.2. The number of unbranched alkanes of at least 4 members (excludes halogenated alkanes) is 4. The second kappa shape index (κ2) is 26.2. The molecule has 6 N–H and O–H groups in total. The molecule has 1 aromatic carbocycles. The zero-order chi connectivity index (χ0) is 39.6. The number of aliphatic hydroxyl groups is 1. The highest BCUT2D eigenvalue weighted by Crippen LogP contribution is 2.31. The molecule has 0 radical (unpaired) electrons. The molecule has 0 bridgehead atoms. The third-order valence-corrected chi connectivity index (χ3v) is 12.0. The van der Waals surface area contributed by atoms with Gasteiger partial charge in [0.1, 0.15) is 12.1 Å². The van der Waals surface area contributed by atoms with Crippen molar-refractivity contribution in [3.63, 3.8) is 0 Å². The molecule has 2 unspecified atom stereocenters. The fraction of sp³-hybridized carbons (Fsp3) is 0.674. The lowest BCUT2D eigenvalue weighted by atomic mass is 9.78. The molecule has 320 valence electrons. The van der Waals surface area contributed by atoms with Crippen LogP contribution in [-0.2, 0) is 28.8 Å². The predicted octanol–water partition coefficient (Wildman–Crippen LogP) is 6.00. The molecular weight excluding hydrogens is 745 g/mol. The van der Waals surface area contributed by atoms with Crippen LogP contribution >= 0.6 is 11.8 Å². The third kappa shape index (κ3) is 16.8. The summed E-state index contributed by atoms with van der Waals surface area (Å²) >= 11 is 1.49. The smallest absolute Gasteiger partial charge is 0.246 e. The summed E-state index contributed by atoms with van der Waals surface area (Å²) in [5, 5.41) is 23.9. The van der Waals surface area contributed by atoms with E-state index >= 15 is 0 Å². The minimum atomic E-state index is -0.757. The van der Waals surface area contributed by atoms with Crippen LogP contribution in [0, 0.1) is 11.8 Å². The molecule has 3 fully saturated rings. The summed E-state index contributed by atoms with van der Waals surface area (Å²) in [4.78, 5) is 77.0. The zero-order valence-corrected chi connectivity index (χ0v) is 33.4. The minimum absolute atomic E-state index is 0. The molecule has 13 nitrogen and oxygen atoms in total. The summed E-state index contributed by atoms with van der Waals surface area (Å²) in [6, 6.07) is 8.15. The lowest BCUT2D eigenvalue weighted by Gasteiger charge is -2.34. The molecule has 14 heteroatoms. The van der Waals surface area contributed by atoms with E-state index in [0.717, 1.165) is 51.2 Å². The number of hydrogen-bond donors (Lipinski definition) is 6. The van der Waals surface area contributed by atoms with Gasteiger partial charge in [-0.05, 0) is 93.6 Å². The molecule has 1 saturated carbocycles. The number of para-hydroxylation sites is 1. The summed E-state index contributed by atoms with van der Waals surface area (Å²) in [6.45, 7) is 5.28. The molecule has 4 atom stereocenters. The molecule has 2 heterocycles. The number of nitrogens with one attached hydrogen (secondary N) is 5. The van der Waals surface area contributed by atoms with Gasteiger partial charge in [-0.1, -0.05) is 66.2 Å². The van der Waals surface area contributed by atoms with Crippen LogP contribution < -0.4 is 26.6 Å². The molecule has 1 aliphatic carbocycles. The van der Waals surface area contributed by atoms with E-state index in [4.69, 9.17) is 0 Å². The number of amides is 6. The Bertz CT molecular complexity index is 1450. The number of benzene rings is 1. The predicted molar refractivity (Wildman–Crippen MR) is 228 cm³/mol. The maximum Gasteiger partial charge on any atom is 0.246 e. The summed E-state index contributed by atoms with van der Waals surface area (Å²) in [5.74, 6) is 0.559. The molecule has 2 aliphatic heterocycles. The SMILES string of the molecule is C.C.CC(C)NC(C=CO)C1CCC(CNC(=O)CCCCCN2C(=O)CC(SCCCCC[C@H](NC(=O)[C@H]3CCC(=O)N3)C(=O)Nc3ccccc3)C2=O)CC1. The number of nitrogens with zero attached hydrogens (tertiary/aromatic N) is 1. The standard InChI is InChI=1S/C41H62N6O7S.2CH4/c1-28(2)43-32(22-24-48)30-18-16-29(17-19-30)27-42-36(49)15-9-4-10-23-47-38(51)26-35(41(47)54)55-25-11-5-8-14-33(39(52)44-31-12-6-3-7-13-31)46-40(53)34-20-21-37(50)45-34;;/h3,6-7,12-13,22,24,28-30,32-35,43,48H,4-5,8-11,14-21,23,25-27H2,1-2H3,(H,42,49)(H,44,52)(H,45,50)(H,46,53);2*1H4/t29?,30?,32?,33-,34+,35?;;/m0../s1. The topological polar surface area (TPSA) is 186 Å². The Labute approximate surface area is 345 Å². The molecule has 3 aliphatic rings. The molecule has 6 amide bonds. The van der Waals surface area contributed by atoms with Crippen molar-refractivity contribution < 1.29 is 33.9 Å². The van der Waals surface area contributed by atoms with E-state index < -0.39 is 12.1 Å².